The Labute approximate surface area is 133 Å². The number of hydrogen-bond acceptors (Lipinski definition) is 0. The molecule has 0 spiro atoms. The van der Waals surface area contributed by atoms with E-state index in [4.69, 9.17) is 0 Å². The normalized spacial score (nSPS) is 54.4. The SMILES string of the molecule is CCC1C(C2(C)CCC(C)CC2)CCC2(C)C(C)CCC12. The minimum absolute atomic E-state index is 0.667. The second kappa shape index (κ2) is 5.57. The Morgan fingerprint density at radius 3 is 2.10 bits per heavy atom. The highest BCUT2D eigenvalue weighted by Gasteiger charge is 2.54. The molecule has 122 valence electrons. The maximum atomic E-state index is 2.66. The first kappa shape index (κ1) is 15.9. The van der Waals surface area contributed by atoms with Gasteiger partial charge in [0, 0.05) is 0 Å². The molecule has 0 amide bonds. The summed E-state index contributed by atoms with van der Waals surface area (Å²) in [6.45, 7) is 12.8. The molecule has 3 saturated carbocycles. The van der Waals surface area contributed by atoms with Gasteiger partial charge >= 0.3 is 0 Å². The lowest BCUT2D eigenvalue weighted by atomic mass is 9.50. The van der Waals surface area contributed by atoms with Crippen molar-refractivity contribution in [2.45, 2.75) is 92.4 Å². The molecule has 0 aliphatic heterocycles. The van der Waals surface area contributed by atoms with Crippen molar-refractivity contribution in [2.24, 2.45) is 40.4 Å². The Morgan fingerprint density at radius 1 is 0.810 bits per heavy atom. The fraction of sp³-hybridized carbons (Fsp3) is 1.00. The zero-order chi connectivity index (χ0) is 15.3. The van der Waals surface area contributed by atoms with E-state index in [2.05, 4.69) is 34.6 Å². The molecule has 0 heterocycles. The quantitative estimate of drug-likeness (QED) is 0.531. The zero-order valence-corrected chi connectivity index (χ0v) is 15.3. The Kier molecular flexibility index (Phi) is 4.21. The summed E-state index contributed by atoms with van der Waals surface area (Å²) in [5.74, 6) is 5.04. The van der Waals surface area contributed by atoms with Gasteiger partial charge in [0.2, 0.25) is 0 Å². The van der Waals surface area contributed by atoms with Crippen LogP contribution >= 0.6 is 0 Å². The largest absolute Gasteiger partial charge is 0.0651 e. The van der Waals surface area contributed by atoms with Gasteiger partial charge in [0.25, 0.3) is 0 Å². The summed E-state index contributed by atoms with van der Waals surface area (Å²) in [6, 6.07) is 0. The van der Waals surface area contributed by atoms with Gasteiger partial charge in [-0.3, -0.25) is 0 Å². The van der Waals surface area contributed by atoms with Gasteiger partial charge in [-0.15, -0.1) is 0 Å². The van der Waals surface area contributed by atoms with Crippen LogP contribution in [0.4, 0.5) is 0 Å². The van der Waals surface area contributed by atoms with Crippen molar-refractivity contribution in [1.29, 1.82) is 0 Å². The van der Waals surface area contributed by atoms with E-state index in [0.717, 1.165) is 29.6 Å². The second-order valence-corrected chi connectivity index (χ2v) is 9.64. The average molecular weight is 291 g/mol. The molecule has 0 heteroatoms. The van der Waals surface area contributed by atoms with Crippen molar-refractivity contribution in [3.63, 3.8) is 0 Å². The molecule has 0 aromatic carbocycles. The summed E-state index contributed by atoms with van der Waals surface area (Å²) in [5, 5.41) is 0. The molecule has 3 fully saturated rings. The first-order valence-corrected chi connectivity index (χ1v) is 9.90. The van der Waals surface area contributed by atoms with Crippen molar-refractivity contribution >= 4 is 0 Å². The highest BCUT2D eigenvalue weighted by molar-refractivity contribution is 5.04. The fourth-order valence-corrected chi connectivity index (χ4v) is 6.78. The molecule has 0 N–H and O–H groups in total. The van der Waals surface area contributed by atoms with E-state index in [1.54, 1.807) is 0 Å². The van der Waals surface area contributed by atoms with Crippen LogP contribution in [0.3, 0.4) is 0 Å². The van der Waals surface area contributed by atoms with Crippen LogP contribution in [0.2, 0.25) is 0 Å². The Morgan fingerprint density at radius 2 is 1.48 bits per heavy atom. The zero-order valence-electron chi connectivity index (χ0n) is 15.3. The van der Waals surface area contributed by atoms with Gasteiger partial charge < -0.3 is 0 Å². The lowest BCUT2D eigenvalue weighted by Crippen LogP contribution is -2.47. The molecule has 0 saturated heterocycles. The van der Waals surface area contributed by atoms with Crippen molar-refractivity contribution in [1.82, 2.24) is 0 Å². The Bertz CT molecular complexity index is 362. The lowest BCUT2D eigenvalue weighted by Gasteiger charge is -2.55. The molecule has 3 aliphatic rings. The van der Waals surface area contributed by atoms with Gasteiger partial charge in [-0.25, -0.2) is 0 Å². The molecule has 0 aromatic rings. The fourth-order valence-electron chi connectivity index (χ4n) is 6.78. The topological polar surface area (TPSA) is 0 Å². The highest BCUT2D eigenvalue weighted by atomic mass is 14.6. The maximum absolute atomic E-state index is 2.66. The average Bonchev–Trinajstić information content (AvgIpc) is 2.77. The molecule has 5 atom stereocenters. The van der Waals surface area contributed by atoms with Crippen LogP contribution in [0.1, 0.15) is 92.4 Å². The van der Waals surface area contributed by atoms with E-state index in [1.807, 2.05) is 0 Å². The van der Waals surface area contributed by atoms with E-state index in [1.165, 1.54) is 57.8 Å². The van der Waals surface area contributed by atoms with Crippen LogP contribution in [-0.4, -0.2) is 0 Å². The Hall–Kier alpha value is 0. The van der Waals surface area contributed by atoms with Crippen molar-refractivity contribution in [3.8, 4) is 0 Å². The van der Waals surface area contributed by atoms with E-state index < -0.39 is 0 Å². The number of hydrogen-bond donors (Lipinski definition) is 0. The van der Waals surface area contributed by atoms with E-state index in [0.29, 0.717) is 10.8 Å². The van der Waals surface area contributed by atoms with Crippen LogP contribution in [-0.2, 0) is 0 Å². The van der Waals surface area contributed by atoms with Crippen molar-refractivity contribution in [3.05, 3.63) is 0 Å². The monoisotopic (exact) mass is 290 g/mol. The third-order valence-corrected chi connectivity index (χ3v) is 8.69. The van der Waals surface area contributed by atoms with Gasteiger partial charge in [0.15, 0.2) is 0 Å². The number of fused-ring (bicyclic) bond motifs is 1. The van der Waals surface area contributed by atoms with Crippen LogP contribution in [0.25, 0.3) is 0 Å². The van der Waals surface area contributed by atoms with Crippen LogP contribution < -0.4 is 0 Å². The Balaban J connectivity index is 1.81. The van der Waals surface area contributed by atoms with Crippen LogP contribution in [0, 0.1) is 40.4 Å². The summed E-state index contributed by atoms with van der Waals surface area (Å²) in [5.41, 5.74) is 1.34. The first-order valence-electron chi connectivity index (χ1n) is 9.90. The highest BCUT2D eigenvalue weighted by Crippen LogP contribution is 2.63. The smallest absolute Gasteiger partial charge is 0.0269 e. The minimum Gasteiger partial charge on any atom is -0.0651 e. The molecular weight excluding hydrogens is 252 g/mol. The summed E-state index contributed by atoms with van der Waals surface area (Å²) in [6.07, 6.45) is 13.5. The predicted octanol–water partition coefficient (Wildman–Crippen LogP) is 6.69. The van der Waals surface area contributed by atoms with E-state index in [-0.39, 0.29) is 0 Å². The van der Waals surface area contributed by atoms with Gasteiger partial charge in [0.05, 0.1) is 0 Å². The summed E-state index contributed by atoms with van der Waals surface area (Å²) in [7, 11) is 0. The molecule has 21 heavy (non-hydrogen) atoms. The van der Waals surface area contributed by atoms with Gasteiger partial charge in [-0.2, -0.15) is 0 Å². The second-order valence-electron chi connectivity index (χ2n) is 9.64. The summed E-state index contributed by atoms with van der Waals surface area (Å²) in [4.78, 5) is 0. The molecule has 3 aliphatic carbocycles. The minimum atomic E-state index is 0.667. The molecule has 0 nitrogen and oxygen atoms in total. The molecule has 3 rings (SSSR count). The lowest BCUT2D eigenvalue weighted by molar-refractivity contribution is -0.0549. The third kappa shape index (κ3) is 2.49. The van der Waals surface area contributed by atoms with Crippen molar-refractivity contribution in [2.75, 3.05) is 0 Å². The predicted molar refractivity (Wildman–Crippen MR) is 92.2 cm³/mol. The number of rotatable bonds is 2. The molecular formula is C21H38. The molecule has 0 aromatic heterocycles. The van der Waals surface area contributed by atoms with E-state index >= 15 is 0 Å². The molecule has 5 unspecified atom stereocenters. The third-order valence-electron chi connectivity index (χ3n) is 8.69. The van der Waals surface area contributed by atoms with Crippen LogP contribution in [0.5, 0.6) is 0 Å². The maximum Gasteiger partial charge on any atom is -0.0269 e. The van der Waals surface area contributed by atoms with Crippen LogP contribution in [0.15, 0.2) is 0 Å². The first-order chi connectivity index (χ1) is 9.90. The van der Waals surface area contributed by atoms with Crippen molar-refractivity contribution < 1.29 is 0 Å². The van der Waals surface area contributed by atoms with E-state index in [9.17, 15) is 0 Å². The standard InChI is InChI=1S/C21H38/c1-6-17-18(20(4)12-9-15(2)10-13-20)11-14-21(5)16(3)7-8-19(17)21/h15-19H,6-14H2,1-5H3. The van der Waals surface area contributed by atoms with Gasteiger partial charge in [0.1, 0.15) is 0 Å². The molecule has 0 radical (unpaired) electrons. The summed E-state index contributed by atoms with van der Waals surface area (Å²) >= 11 is 0. The van der Waals surface area contributed by atoms with Gasteiger partial charge in [-0.1, -0.05) is 53.9 Å². The summed E-state index contributed by atoms with van der Waals surface area (Å²) < 4.78 is 0. The molecule has 0 bridgehead atoms. The van der Waals surface area contributed by atoms with Gasteiger partial charge in [-0.05, 0) is 78.9 Å².